The van der Waals surface area contributed by atoms with E-state index in [1.54, 1.807) is 9.80 Å². The van der Waals surface area contributed by atoms with Crippen molar-refractivity contribution in [2.24, 2.45) is 0 Å². The lowest BCUT2D eigenvalue weighted by Gasteiger charge is -2.37. The minimum Gasteiger partial charge on any atom is -0.351 e. The van der Waals surface area contributed by atoms with Crippen LogP contribution in [0.4, 0.5) is 0 Å². The Bertz CT molecular complexity index is 748. The summed E-state index contributed by atoms with van der Waals surface area (Å²) in [6, 6.07) is 18.8. The van der Waals surface area contributed by atoms with Gasteiger partial charge in [0.1, 0.15) is 12.6 Å². The maximum absolute atomic E-state index is 12.8. The second kappa shape index (κ2) is 6.09. The third kappa shape index (κ3) is 2.57. The van der Waals surface area contributed by atoms with E-state index < -0.39 is 12.3 Å². The van der Waals surface area contributed by atoms with Crippen LogP contribution in [0.1, 0.15) is 17.4 Å². The Balaban J connectivity index is 1.55. The minimum absolute atomic E-state index is 0.0446. The van der Waals surface area contributed by atoms with Crippen LogP contribution in [0.25, 0.3) is 0 Å². The number of hydrogen-bond acceptors (Lipinski definition) is 3. The molecule has 0 radical (unpaired) electrons. The highest BCUT2D eigenvalue weighted by atomic mass is 16.5. The van der Waals surface area contributed by atoms with E-state index in [0.717, 1.165) is 11.1 Å². The molecule has 2 fully saturated rings. The van der Waals surface area contributed by atoms with Gasteiger partial charge in [0.25, 0.3) is 0 Å². The smallest absolute Gasteiger partial charge is 0.248 e. The quantitative estimate of drug-likeness (QED) is 0.868. The van der Waals surface area contributed by atoms with Crippen LogP contribution in [0, 0.1) is 0 Å². The lowest BCUT2D eigenvalue weighted by atomic mass is 10.1. The van der Waals surface area contributed by atoms with E-state index in [-0.39, 0.29) is 25.0 Å². The van der Waals surface area contributed by atoms with Crippen molar-refractivity contribution in [2.45, 2.75) is 18.8 Å². The topological polar surface area (TPSA) is 49.9 Å². The van der Waals surface area contributed by atoms with Crippen molar-refractivity contribution in [3.63, 3.8) is 0 Å². The van der Waals surface area contributed by atoms with Crippen molar-refractivity contribution >= 4 is 11.8 Å². The van der Waals surface area contributed by atoms with E-state index in [0.29, 0.717) is 6.54 Å². The molecule has 5 heteroatoms. The number of hydrogen-bond donors (Lipinski definition) is 0. The zero-order valence-corrected chi connectivity index (χ0v) is 13.2. The average Bonchev–Trinajstić information content (AvgIpc) is 3.07. The Hall–Kier alpha value is -2.66. The molecule has 2 saturated heterocycles. The van der Waals surface area contributed by atoms with Crippen LogP contribution in [0.15, 0.2) is 60.7 Å². The van der Waals surface area contributed by atoms with Crippen LogP contribution < -0.4 is 0 Å². The predicted octanol–water partition coefficient (Wildman–Crippen LogP) is 1.95. The second-order valence-corrected chi connectivity index (χ2v) is 6.09. The van der Waals surface area contributed by atoms with Gasteiger partial charge >= 0.3 is 0 Å². The molecule has 2 aromatic rings. The van der Waals surface area contributed by atoms with Crippen molar-refractivity contribution < 1.29 is 14.3 Å². The van der Waals surface area contributed by atoms with E-state index in [4.69, 9.17) is 4.74 Å². The maximum atomic E-state index is 12.8. The largest absolute Gasteiger partial charge is 0.351 e. The molecule has 5 nitrogen and oxygen atoms in total. The van der Waals surface area contributed by atoms with Crippen LogP contribution in [-0.4, -0.2) is 40.8 Å². The van der Waals surface area contributed by atoms with Crippen LogP contribution in [0.5, 0.6) is 0 Å². The van der Waals surface area contributed by atoms with Gasteiger partial charge in [-0.2, -0.15) is 0 Å². The van der Waals surface area contributed by atoms with Crippen LogP contribution in [-0.2, 0) is 20.9 Å². The van der Waals surface area contributed by atoms with Gasteiger partial charge in [-0.05, 0) is 5.56 Å². The van der Waals surface area contributed by atoms with Gasteiger partial charge in [-0.3, -0.25) is 14.5 Å². The van der Waals surface area contributed by atoms with E-state index in [2.05, 4.69) is 0 Å². The molecule has 0 spiro atoms. The molecule has 2 aliphatic heterocycles. The third-order valence-corrected chi connectivity index (χ3v) is 4.51. The first-order valence-corrected chi connectivity index (χ1v) is 8.04. The fourth-order valence-corrected chi connectivity index (χ4v) is 3.35. The Kier molecular flexibility index (Phi) is 3.78. The van der Waals surface area contributed by atoms with E-state index in [1.165, 1.54) is 0 Å². The van der Waals surface area contributed by atoms with E-state index in [9.17, 15) is 9.59 Å². The summed E-state index contributed by atoms with van der Waals surface area (Å²) in [5.74, 6) is -0.112. The molecule has 0 aliphatic carbocycles. The van der Waals surface area contributed by atoms with Crippen LogP contribution in [0.3, 0.4) is 0 Å². The van der Waals surface area contributed by atoms with Crippen molar-refractivity contribution in [1.29, 1.82) is 0 Å². The highest BCUT2D eigenvalue weighted by Gasteiger charge is 2.48. The molecule has 2 aliphatic rings. The van der Waals surface area contributed by atoms with Gasteiger partial charge < -0.3 is 9.64 Å². The lowest BCUT2D eigenvalue weighted by Crippen LogP contribution is -2.58. The molecule has 0 unspecified atom stereocenters. The number of carbonyl (C=O) groups excluding carboxylic acids is 2. The van der Waals surface area contributed by atoms with Crippen LogP contribution in [0.2, 0.25) is 0 Å². The van der Waals surface area contributed by atoms with Gasteiger partial charge in [0.15, 0.2) is 6.23 Å². The Labute approximate surface area is 140 Å². The monoisotopic (exact) mass is 322 g/mol. The summed E-state index contributed by atoms with van der Waals surface area (Å²) in [7, 11) is 0. The molecular weight excluding hydrogens is 304 g/mol. The van der Waals surface area contributed by atoms with E-state index >= 15 is 0 Å². The molecule has 122 valence electrons. The number of ether oxygens (including phenoxy) is 1. The first-order chi connectivity index (χ1) is 11.7. The molecule has 24 heavy (non-hydrogen) atoms. The summed E-state index contributed by atoms with van der Waals surface area (Å²) in [6.07, 6.45) is -0.466. The molecule has 0 N–H and O–H groups in total. The van der Waals surface area contributed by atoms with Gasteiger partial charge in [0.05, 0.1) is 6.61 Å². The Morgan fingerprint density at radius 1 is 0.958 bits per heavy atom. The summed E-state index contributed by atoms with van der Waals surface area (Å²) in [5.41, 5.74) is 1.92. The number of fused-ring (bicyclic) bond motifs is 1. The fourth-order valence-electron chi connectivity index (χ4n) is 3.35. The van der Waals surface area contributed by atoms with Gasteiger partial charge in [-0.15, -0.1) is 0 Å². The number of carbonyl (C=O) groups is 2. The molecule has 2 aromatic carbocycles. The molecular formula is C19H18N2O3. The molecule has 2 atom stereocenters. The average molecular weight is 322 g/mol. The number of piperazine rings is 1. The molecule has 0 aromatic heterocycles. The summed E-state index contributed by atoms with van der Waals surface area (Å²) in [4.78, 5) is 28.7. The lowest BCUT2D eigenvalue weighted by molar-refractivity contribution is -0.157. The normalized spacial score (nSPS) is 23.5. The molecule has 0 saturated carbocycles. The summed E-state index contributed by atoms with van der Waals surface area (Å²) >= 11 is 0. The third-order valence-electron chi connectivity index (χ3n) is 4.51. The fraction of sp³-hybridized carbons (Fsp3) is 0.263. The zero-order valence-electron chi connectivity index (χ0n) is 13.2. The van der Waals surface area contributed by atoms with Crippen molar-refractivity contribution in [3.05, 3.63) is 71.8 Å². The predicted molar refractivity (Wildman–Crippen MR) is 87.6 cm³/mol. The summed E-state index contributed by atoms with van der Waals surface area (Å²) in [5, 5.41) is 0. The zero-order chi connectivity index (χ0) is 16.5. The molecule has 2 amide bonds. The Morgan fingerprint density at radius 3 is 2.33 bits per heavy atom. The molecule has 4 rings (SSSR count). The number of amides is 2. The maximum Gasteiger partial charge on any atom is 0.248 e. The van der Waals surface area contributed by atoms with Crippen molar-refractivity contribution in [3.8, 4) is 0 Å². The van der Waals surface area contributed by atoms with Gasteiger partial charge in [0, 0.05) is 12.1 Å². The number of benzene rings is 2. The highest BCUT2D eigenvalue weighted by Crippen LogP contribution is 2.34. The molecule has 2 heterocycles. The van der Waals surface area contributed by atoms with Crippen molar-refractivity contribution in [1.82, 2.24) is 9.80 Å². The standard InChI is InChI=1S/C19H18N2O3/c22-17-12-20(11-14-7-3-1-4-8-14)18(23)16-13-24-19(21(16)17)15-9-5-2-6-10-15/h1-10,16,19H,11-13H2/t16-,19+/m1/s1. The van der Waals surface area contributed by atoms with Crippen LogP contribution >= 0.6 is 0 Å². The molecule has 0 bridgehead atoms. The minimum atomic E-state index is -0.528. The second-order valence-electron chi connectivity index (χ2n) is 6.09. The Morgan fingerprint density at radius 2 is 1.62 bits per heavy atom. The summed E-state index contributed by atoms with van der Waals surface area (Å²) < 4.78 is 5.78. The highest BCUT2D eigenvalue weighted by molar-refractivity contribution is 5.95. The SMILES string of the molecule is O=C1[C@H]2CO[C@@H](c3ccccc3)N2C(=O)CN1Cc1ccccc1. The van der Waals surface area contributed by atoms with Gasteiger partial charge in [-0.25, -0.2) is 0 Å². The number of rotatable bonds is 3. The summed E-state index contributed by atoms with van der Waals surface area (Å²) in [6.45, 7) is 0.790. The van der Waals surface area contributed by atoms with Gasteiger partial charge in [-0.1, -0.05) is 60.7 Å². The first kappa shape index (κ1) is 14.9. The van der Waals surface area contributed by atoms with Crippen molar-refractivity contribution in [2.75, 3.05) is 13.2 Å². The first-order valence-electron chi connectivity index (χ1n) is 8.04. The number of nitrogens with zero attached hydrogens (tertiary/aromatic N) is 2. The van der Waals surface area contributed by atoms with E-state index in [1.807, 2.05) is 60.7 Å². The van der Waals surface area contributed by atoms with Gasteiger partial charge in [0.2, 0.25) is 11.8 Å².